The van der Waals surface area contributed by atoms with E-state index in [2.05, 4.69) is 15.5 Å². The lowest BCUT2D eigenvalue weighted by atomic mass is 10.1. The zero-order valence-corrected chi connectivity index (χ0v) is 11.0. The number of esters is 1. The molecule has 5 heteroatoms. The van der Waals surface area contributed by atoms with Crippen LogP contribution in [-0.4, -0.2) is 29.3 Å². The van der Waals surface area contributed by atoms with Gasteiger partial charge in [0.1, 0.15) is 6.04 Å². The summed E-state index contributed by atoms with van der Waals surface area (Å²) in [6, 6.07) is 9.40. The van der Waals surface area contributed by atoms with Crippen LogP contribution in [0.2, 0.25) is 0 Å². The molecule has 0 spiro atoms. The van der Waals surface area contributed by atoms with Gasteiger partial charge in [-0.05, 0) is 30.2 Å². The van der Waals surface area contributed by atoms with Crippen LogP contribution in [0.4, 0.5) is 5.69 Å². The van der Waals surface area contributed by atoms with Crippen LogP contribution < -0.4 is 5.32 Å². The summed E-state index contributed by atoms with van der Waals surface area (Å²) in [5.41, 5.74) is 2.90. The minimum absolute atomic E-state index is 0.250. The van der Waals surface area contributed by atoms with E-state index in [-0.39, 0.29) is 12.0 Å². The van der Waals surface area contributed by atoms with Crippen LogP contribution in [0.5, 0.6) is 0 Å². The highest BCUT2D eigenvalue weighted by atomic mass is 16.5. The van der Waals surface area contributed by atoms with Crippen molar-refractivity contribution in [3.05, 3.63) is 36.5 Å². The highest BCUT2D eigenvalue weighted by Crippen LogP contribution is 2.19. The molecule has 1 unspecified atom stereocenters. The van der Waals surface area contributed by atoms with Crippen molar-refractivity contribution < 1.29 is 9.53 Å². The Balaban J connectivity index is 2.08. The van der Waals surface area contributed by atoms with Crippen molar-refractivity contribution >= 4 is 11.7 Å². The van der Waals surface area contributed by atoms with Crippen molar-refractivity contribution in [3.63, 3.8) is 0 Å². The van der Waals surface area contributed by atoms with E-state index in [1.807, 2.05) is 37.3 Å². The van der Waals surface area contributed by atoms with Crippen molar-refractivity contribution in [2.24, 2.45) is 0 Å². The molecular formula is C14H17N3O2. The molecule has 1 heterocycles. The summed E-state index contributed by atoms with van der Waals surface area (Å²) in [6.07, 6.45) is 2.39. The number of methoxy groups -OCH3 is 1. The molecule has 2 N–H and O–H groups in total. The van der Waals surface area contributed by atoms with E-state index in [4.69, 9.17) is 4.74 Å². The van der Waals surface area contributed by atoms with E-state index in [0.717, 1.165) is 16.9 Å². The van der Waals surface area contributed by atoms with Crippen LogP contribution in [0, 0.1) is 0 Å². The Kier molecular flexibility index (Phi) is 4.18. The Hall–Kier alpha value is -2.30. The zero-order valence-electron chi connectivity index (χ0n) is 11.0. The first kappa shape index (κ1) is 13.1. The van der Waals surface area contributed by atoms with Crippen LogP contribution in [0.25, 0.3) is 11.3 Å². The van der Waals surface area contributed by atoms with Gasteiger partial charge in [0, 0.05) is 11.9 Å². The maximum Gasteiger partial charge on any atom is 0.328 e. The van der Waals surface area contributed by atoms with Gasteiger partial charge in [0.25, 0.3) is 0 Å². The molecule has 2 rings (SSSR count). The van der Waals surface area contributed by atoms with Crippen LogP contribution in [0.1, 0.15) is 13.3 Å². The molecule has 1 atom stereocenters. The Morgan fingerprint density at radius 3 is 2.63 bits per heavy atom. The number of nitrogens with zero attached hydrogens (tertiary/aromatic N) is 1. The number of hydrogen-bond donors (Lipinski definition) is 2. The number of H-pyrrole nitrogens is 1. The topological polar surface area (TPSA) is 67.0 Å². The third-order valence-corrected chi connectivity index (χ3v) is 2.93. The second-order valence-corrected chi connectivity index (χ2v) is 4.18. The first-order valence-corrected chi connectivity index (χ1v) is 6.18. The smallest absolute Gasteiger partial charge is 0.328 e. The number of benzene rings is 1. The minimum atomic E-state index is -0.317. The predicted octanol–water partition coefficient (Wildman–Crippen LogP) is 2.44. The Morgan fingerprint density at radius 1 is 1.37 bits per heavy atom. The highest BCUT2D eigenvalue weighted by Gasteiger charge is 2.16. The monoisotopic (exact) mass is 259 g/mol. The highest BCUT2D eigenvalue weighted by molar-refractivity contribution is 5.79. The van der Waals surface area contributed by atoms with Gasteiger partial charge in [-0.3, -0.25) is 5.10 Å². The number of carbonyl (C=O) groups excluding carboxylic acids is 1. The molecule has 2 aromatic rings. The predicted molar refractivity (Wildman–Crippen MR) is 73.7 cm³/mol. The van der Waals surface area contributed by atoms with E-state index in [1.54, 1.807) is 6.20 Å². The largest absolute Gasteiger partial charge is 0.467 e. The summed E-state index contributed by atoms with van der Waals surface area (Å²) in [7, 11) is 1.40. The van der Waals surface area contributed by atoms with E-state index in [0.29, 0.717) is 6.42 Å². The van der Waals surface area contributed by atoms with Gasteiger partial charge in [-0.25, -0.2) is 4.79 Å². The molecule has 0 aliphatic carbocycles. The minimum Gasteiger partial charge on any atom is -0.467 e. The molecule has 0 fully saturated rings. The number of carbonyl (C=O) groups is 1. The molecule has 0 amide bonds. The van der Waals surface area contributed by atoms with Gasteiger partial charge in [-0.15, -0.1) is 0 Å². The average molecular weight is 259 g/mol. The second kappa shape index (κ2) is 6.04. The molecule has 0 radical (unpaired) electrons. The number of ether oxygens (including phenoxy) is 1. The lowest BCUT2D eigenvalue weighted by molar-refractivity contribution is -0.141. The molecule has 100 valence electrons. The molecule has 0 saturated carbocycles. The van der Waals surface area contributed by atoms with E-state index in [9.17, 15) is 4.79 Å². The average Bonchev–Trinajstić information content (AvgIpc) is 2.98. The van der Waals surface area contributed by atoms with Crippen molar-refractivity contribution in [3.8, 4) is 11.3 Å². The fraction of sp³-hybridized carbons (Fsp3) is 0.286. The Morgan fingerprint density at radius 2 is 2.11 bits per heavy atom. The van der Waals surface area contributed by atoms with Gasteiger partial charge in [0.15, 0.2) is 0 Å². The third-order valence-electron chi connectivity index (χ3n) is 2.93. The lowest BCUT2D eigenvalue weighted by Gasteiger charge is -2.15. The number of rotatable bonds is 5. The van der Waals surface area contributed by atoms with Crippen LogP contribution in [0.3, 0.4) is 0 Å². The fourth-order valence-electron chi connectivity index (χ4n) is 1.83. The summed E-state index contributed by atoms with van der Waals surface area (Å²) < 4.78 is 4.74. The van der Waals surface area contributed by atoms with Gasteiger partial charge in [-0.2, -0.15) is 5.10 Å². The summed E-state index contributed by atoms with van der Waals surface area (Å²) in [5.74, 6) is -0.250. The van der Waals surface area contributed by atoms with E-state index in [1.165, 1.54) is 7.11 Å². The molecular weight excluding hydrogens is 242 g/mol. The fourth-order valence-corrected chi connectivity index (χ4v) is 1.83. The molecule has 5 nitrogen and oxygen atoms in total. The number of anilines is 1. The van der Waals surface area contributed by atoms with Crippen molar-refractivity contribution in [1.29, 1.82) is 0 Å². The van der Waals surface area contributed by atoms with Gasteiger partial charge < -0.3 is 10.1 Å². The number of hydrogen-bond acceptors (Lipinski definition) is 4. The molecule has 1 aromatic heterocycles. The van der Waals surface area contributed by atoms with Crippen molar-refractivity contribution in [1.82, 2.24) is 10.2 Å². The Bertz CT molecular complexity index is 520. The van der Waals surface area contributed by atoms with Crippen LogP contribution in [0.15, 0.2) is 36.5 Å². The van der Waals surface area contributed by atoms with Gasteiger partial charge in [-0.1, -0.05) is 19.1 Å². The third kappa shape index (κ3) is 3.13. The summed E-state index contributed by atoms with van der Waals surface area (Å²) in [5, 5.41) is 9.97. The SMILES string of the molecule is CCC(Nc1ccc(-c2ccn[nH]2)cc1)C(=O)OC. The van der Waals surface area contributed by atoms with Crippen molar-refractivity contribution in [2.45, 2.75) is 19.4 Å². The second-order valence-electron chi connectivity index (χ2n) is 4.18. The standard InChI is InChI=1S/C14H17N3O2/c1-3-12(14(18)19-2)16-11-6-4-10(5-7-11)13-8-9-15-17-13/h4-9,12,16H,3H2,1-2H3,(H,15,17). The Labute approximate surface area is 112 Å². The van der Waals surface area contributed by atoms with Gasteiger partial charge in [0.2, 0.25) is 0 Å². The summed E-state index contributed by atoms with van der Waals surface area (Å²) in [6.45, 7) is 1.94. The lowest BCUT2D eigenvalue weighted by Crippen LogP contribution is -2.29. The van der Waals surface area contributed by atoms with Gasteiger partial charge >= 0.3 is 5.97 Å². The number of nitrogens with one attached hydrogen (secondary N) is 2. The maximum absolute atomic E-state index is 11.5. The number of aromatic nitrogens is 2. The summed E-state index contributed by atoms with van der Waals surface area (Å²) >= 11 is 0. The maximum atomic E-state index is 11.5. The normalized spacial score (nSPS) is 11.9. The molecule has 0 aliphatic rings. The molecule has 19 heavy (non-hydrogen) atoms. The van der Waals surface area contributed by atoms with Gasteiger partial charge in [0.05, 0.1) is 12.8 Å². The van der Waals surface area contributed by atoms with Crippen LogP contribution >= 0.6 is 0 Å². The van der Waals surface area contributed by atoms with E-state index < -0.39 is 0 Å². The van der Waals surface area contributed by atoms with Crippen LogP contribution in [-0.2, 0) is 9.53 Å². The van der Waals surface area contributed by atoms with Crippen molar-refractivity contribution in [2.75, 3.05) is 12.4 Å². The number of aromatic amines is 1. The quantitative estimate of drug-likeness (QED) is 0.809. The zero-order chi connectivity index (χ0) is 13.7. The van der Waals surface area contributed by atoms with E-state index >= 15 is 0 Å². The molecule has 0 bridgehead atoms. The molecule has 0 saturated heterocycles. The molecule has 0 aliphatic heterocycles. The first-order valence-electron chi connectivity index (χ1n) is 6.18. The summed E-state index contributed by atoms with van der Waals surface area (Å²) in [4.78, 5) is 11.5. The first-order chi connectivity index (χ1) is 9.24. The molecule has 1 aromatic carbocycles.